The van der Waals surface area contributed by atoms with Crippen LogP contribution in [0.4, 0.5) is 0 Å². The Morgan fingerprint density at radius 3 is 2.10 bits per heavy atom. The average Bonchev–Trinajstić information content (AvgIpc) is 2.31. The van der Waals surface area contributed by atoms with Crippen molar-refractivity contribution >= 4 is 14.3 Å². The van der Waals surface area contributed by atoms with E-state index in [9.17, 15) is 4.79 Å². The van der Waals surface area contributed by atoms with E-state index in [4.69, 9.17) is 13.9 Å². The van der Waals surface area contributed by atoms with Gasteiger partial charge in [-0.1, -0.05) is 0 Å². The molecular formula is C15H30O4Si. The Bertz CT molecular complexity index is 327. The zero-order valence-corrected chi connectivity index (χ0v) is 14.9. The Balaban J connectivity index is 2.75. The topological polar surface area (TPSA) is 44.8 Å². The summed E-state index contributed by atoms with van der Waals surface area (Å²) in [7, 11) is 0.0746. The normalized spacial score (nSPS) is 31.1. The second-order valence-corrected chi connectivity index (χ2v) is 11.5. The van der Waals surface area contributed by atoms with Crippen LogP contribution in [0.5, 0.6) is 0 Å². The lowest BCUT2D eigenvalue weighted by atomic mass is 9.69. The molecule has 0 heterocycles. The summed E-state index contributed by atoms with van der Waals surface area (Å²) >= 11 is 0. The second kappa shape index (κ2) is 6.58. The molecule has 118 valence electrons. The number of methoxy groups -OCH3 is 1. The van der Waals surface area contributed by atoms with Gasteiger partial charge in [-0.3, -0.25) is 4.79 Å². The first-order valence-corrected chi connectivity index (χ1v) is 10.9. The van der Waals surface area contributed by atoms with Crippen molar-refractivity contribution in [2.24, 2.45) is 5.41 Å². The van der Waals surface area contributed by atoms with Gasteiger partial charge in [0.15, 0.2) is 8.32 Å². The molecule has 0 amide bonds. The summed E-state index contributed by atoms with van der Waals surface area (Å²) in [5, 5.41) is 0. The van der Waals surface area contributed by atoms with Crippen molar-refractivity contribution in [3.63, 3.8) is 0 Å². The van der Waals surface area contributed by atoms with Gasteiger partial charge in [-0.25, -0.2) is 0 Å². The highest BCUT2D eigenvalue weighted by Crippen LogP contribution is 2.44. The van der Waals surface area contributed by atoms with E-state index in [1.165, 1.54) is 0 Å². The lowest BCUT2D eigenvalue weighted by molar-refractivity contribution is -0.164. The van der Waals surface area contributed by atoms with E-state index >= 15 is 0 Å². The lowest BCUT2D eigenvalue weighted by Gasteiger charge is -2.45. The van der Waals surface area contributed by atoms with Crippen LogP contribution in [0.15, 0.2) is 0 Å². The molecule has 0 aromatic rings. The van der Waals surface area contributed by atoms with Crippen LogP contribution in [0.25, 0.3) is 0 Å². The van der Waals surface area contributed by atoms with Crippen molar-refractivity contribution in [1.29, 1.82) is 0 Å². The minimum Gasteiger partial charge on any atom is -0.465 e. The summed E-state index contributed by atoms with van der Waals surface area (Å²) in [6, 6.07) is 0. The maximum atomic E-state index is 12.3. The quantitative estimate of drug-likeness (QED) is 0.557. The largest absolute Gasteiger partial charge is 0.465 e. The number of hydrogen-bond donors (Lipinski definition) is 0. The molecule has 0 spiro atoms. The number of ether oxygens (including phenoxy) is 2. The predicted molar refractivity (Wildman–Crippen MR) is 82.2 cm³/mol. The van der Waals surface area contributed by atoms with Crippen LogP contribution in [-0.2, 0) is 18.7 Å². The highest BCUT2D eigenvalue weighted by atomic mass is 28.4. The summed E-state index contributed by atoms with van der Waals surface area (Å²) < 4.78 is 16.9. The zero-order chi connectivity index (χ0) is 15.4. The molecular weight excluding hydrogens is 272 g/mol. The third kappa shape index (κ3) is 4.57. The predicted octanol–water partition coefficient (Wildman–Crippen LogP) is 3.37. The third-order valence-electron chi connectivity index (χ3n) is 3.95. The van der Waals surface area contributed by atoms with Crippen LogP contribution in [0, 0.1) is 5.41 Å². The fraction of sp³-hybridized carbons (Fsp3) is 0.933. The molecule has 1 aliphatic carbocycles. The van der Waals surface area contributed by atoms with Gasteiger partial charge < -0.3 is 13.9 Å². The van der Waals surface area contributed by atoms with Gasteiger partial charge in [0.2, 0.25) is 0 Å². The molecule has 1 aliphatic rings. The number of hydrogen-bond acceptors (Lipinski definition) is 4. The molecule has 0 aliphatic heterocycles. The summed E-state index contributed by atoms with van der Waals surface area (Å²) in [5.74, 6) is -0.114. The van der Waals surface area contributed by atoms with Gasteiger partial charge in [0.25, 0.3) is 0 Å². The molecule has 0 N–H and O–H groups in total. The Hall–Kier alpha value is -0.393. The third-order valence-corrected chi connectivity index (χ3v) is 5.05. The van der Waals surface area contributed by atoms with Crippen molar-refractivity contribution in [2.45, 2.75) is 64.8 Å². The first-order chi connectivity index (χ1) is 9.16. The van der Waals surface area contributed by atoms with Crippen molar-refractivity contribution < 1.29 is 18.7 Å². The Kier molecular flexibility index (Phi) is 5.81. The van der Waals surface area contributed by atoms with Gasteiger partial charge in [0, 0.05) is 7.11 Å². The standard InChI is InChI=1S/C15H30O4Si/c1-7-18-13(16)15(12-17-3)10-8-14(2,9-11-15)19-20(4,5)6/h7-12H2,1-6H3. The van der Waals surface area contributed by atoms with Crippen LogP contribution < -0.4 is 0 Å². The monoisotopic (exact) mass is 302 g/mol. The number of carbonyl (C=O) groups is 1. The molecule has 0 unspecified atom stereocenters. The van der Waals surface area contributed by atoms with E-state index < -0.39 is 13.7 Å². The average molecular weight is 302 g/mol. The fourth-order valence-electron chi connectivity index (χ4n) is 3.07. The van der Waals surface area contributed by atoms with E-state index in [1.807, 2.05) is 6.92 Å². The van der Waals surface area contributed by atoms with Crippen LogP contribution in [-0.4, -0.2) is 40.2 Å². The van der Waals surface area contributed by atoms with Gasteiger partial charge in [-0.15, -0.1) is 0 Å². The molecule has 1 saturated carbocycles. The molecule has 20 heavy (non-hydrogen) atoms. The summed E-state index contributed by atoms with van der Waals surface area (Å²) in [6.07, 6.45) is 3.33. The maximum absolute atomic E-state index is 12.3. The SMILES string of the molecule is CCOC(=O)C1(COC)CCC(C)(O[Si](C)(C)C)CC1. The highest BCUT2D eigenvalue weighted by Gasteiger charge is 2.47. The van der Waals surface area contributed by atoms with Crippen molar-refractivity contribution in [3.8, 4) is 0 Å². The number of rotatable bonds is 6. The van der Waals surface area contributed by atoms with Crippen LogP contribution in [0.3, 0.4) is 0 Å². The number of carbonyl (C=O) groups excluding carboxylic acids is 1. The van der Waals surface area contributed by atoms with E-state index in [2.05, 4.69) is 26.6 Å². The molecule has 0 aromatic carbocycles. The van der Waals surface area contributed by atoms with E-state index in [-0.39, 0.29) is 11.6 Å². The summed E-state index contributed by atoms with van der Waals surface area (Å²) in [6.45, 7) is 11.5. The van der Waals surface area contributed by atoms with Crippen LogP contribution in [0.1, 0.15) is 39.5 Å². The Morgan fingerprint density at radius 2 is 1.70 bits per heavy atom. The molecule has 0 bridgehead atoms. The summed E-state index contributed by atoms with van der Waals surface area (Å²) in [5.41, 5.74) is -0.582. The van der Waals surface area contributed by atoms with E-state index in [1.54, 1.807) is 7.11 Å². The molecule has 1 rings (SSSR count). The first kappa shape index (κ1) is 17.7. The van der Waals surface area contributed by atoms with Crippen molar-refractivity contribution in [3.05, 3.63) is 0 Å². The molecule has 5 heteroatoms. The van der Waals surface area contributed by atoms with Crippen molar-refractivity contribution in [2.75, 3.05) is 20.3 Å². The van der Waals surface area contributed by atoms with Gasteiger partial charge in [-0.05, 0) is 59.2 Å². The van der Waals surface area contributed by atoms with E-state index in [0.717, 1.165) is 25.7 Å². The molecule has 0 aromatic heterocycles. The van der Waals surface area contributed by atoms with Gasteiger partial charge in [0.1, 0.15) is 0 Å². The Labute approximate surface area is 124 Å². The van der Waals surface area contributed by atoms with Gasteiger partial charge in [-0.2, -0.15) is 0 Å². The van der Waals surface area contributed by atoms with Crippen LogP contribution >= 0.6 is 0 Å². The smallest absolute Gasteiger partial charge is 0.314 e. The summed E-state index contributed by atoms with van der Waals surface area (Å²) in [4.78, 5) is 12.3. The van der Waals surface area contributed by atoms with E-state index in [0.29, 0.717) is 13.2 Å². The maximum Gasteiger partial charge on any atom is 0.314 e. The molecule has 0 radical (unpaired) electrons. The minimum absolute atomic E-state index is 0.103. The fourth-order valence-corrected chi connectivity index (χ4v) is 4.75. The molecule has 1 fully saturated rings. The Morgan fingerprint density at radius 1 is 1.15 bits per heavy atom. The molecule has 0 saturated heterocycles. The lowest BCUT2D eigenvalue weighted by Crippen LogP contribution is -2.49. The highest BCUT2D eigenvalue weighted by molar-refractivity contribution is 6.69. The molecule has 0 atom stereocenters. The second-order valence-electron chi connectivity index (χ2n) is 7.10. The van der Waals surface area contributed by atoms with Crippen LogP contribution in [0.2, 0.25) is 19.6 Å². The first-order valence-electron chi connectivity index (χ1n) is 7.53. The van der Waals surface area contributed by atoms with Gasteiger partial charge in [0.05, 0.1) is 24.2 Å². The zero-order valence-electron chi connectivity index (χ0n) is 13.9. The molecule has 4 nitrogen and oxygen atoms in total. The van der Waals surface area contributed by atoms with Gasteiger partial charge >= 0.3 is 5.97 Å². The van der Waals surface area contributed by atoms with Crippen molar-refractivity contribution in [1.82, 2.24) is 0 Å². The minimum atomic E-state index is -1.57. The number of esters is 1.